The number of rotatable bonds is 1. The van der Waals surface area contributed by atoms with Crippen LogP contribution >= 0.6 is 0 Å². The lowest BCUT2D eigenvalue weighted by molar-refractivity contribution is -0.274. The molecular formula is C9H5F3N2O2. The first-order chi connectivity index (χ1) is 7.37. The van der Waals surface area contributed by atoms with E-state index in [1.54, 1.807) is 0 Å². The normalized spacial score (nSPS) is 14.7. The Labute approximate surface area is 87.5 Å². The van der Waals surface area contributed by atoms with E-state index in [0.29, 0.717) is 5.69 Å². The lowest BCUT2D eigenvalue weighted by Gasteiger charge is -2.09. The molecule has 0 fully saturated rings. The summed E-state index contributed by atoms with van der Waals surface area (Å²) in [5.74, 6) is -1.09. The molecule has 1 aliphatic rings. The average molecular weight is 230 g/mol. The molecule has 1 heterocycles. The van der Waals surface area contributed by atoms with Gasteiger partial charge >= 0.3 is 6.36 Å². The number of fused-ring (bicyclic) bond motifs is 1. The van der Waals surface area contributed by atoms with E-state index in [0.717, 1.165) is 12.1 Å². The molecule has 0 aromatic heterocycles. The molecule has 4 nitrogen and oxygen atoms in total. The van der Waals surface area contributed by atoms with Crippen LogP contribution in [0.4, 0.5) is 18.9 Å². The zero-order valence-corrected chi connectivity index (χ0v) is 7.68. The summed E-state index contributed by atoms with van der Waals surface area (Å²) in [7, 11) is 0. The van der Waals surface area contributed by atoms with Crippen LogP contribution in [0.15, 0.2) is 18.2 Å². The van der Waals surface area contributed by atoms with Crippen molar-refractivity contribution in [2.45, 2.75) is 6.36 Å². The van der Waals surface area contributed by atoms with Crippen molar-refractivity contribution in [1.29, 1.82) is 5.41 Å². The molecule has 0 saturated carbocycles. The minimum absolute atomic E-state index is 0.103. The summed E-state index contributed by atoms with van der Waals surface area (Å²) in [6, 6.07) is 3.34. The molecule has 16 heavy (non-hydrogen) atoms. The number of benzene rings is 1. The summed E-state index contributed by atoms with van der Waals surface area (Å²) in [5.41, 5.74) is 0.0406. The van der Waals surface area contributed by atoms with Crippen molar-refractivity contribution in [3.05, 3.63) is 23.8 Å². The van der Waals surface area contributed by atoms with E-state index < -0.39 is 18.0 Å². The lowest BCUT2D eigenvalue weighted by atomic mass is 10.1. The lowest BCUT2D eigenvalue weighted by Crippen LogP contribution is -2.17. The van der Waals surface area contributed by atoms with Gasteiger partial charge in [0.2, 0.25) is 0 Å². The van der Waals surface area contributed by atoms with Gasteiger partial charge in [-0.25, -0.2) is 0 Å². The average Bonchev–Trinajstić information content (AvgIpc) is 2.42. The number of carbonyl (C=O) groups excluding carboxylic acids is 1. The Balaban J connectivity index is 2.34. The van der Waals surface area contributed by atoms with Crippen LogP contribution in [0.1, 0.15) is 5.56 Å². The monoisotopic (exact) mass is 230 g/mol. The summed E-state index contributed by atoms with van der Waals surface area (Å²) in [5, 5.41) is 9.65. The molecule has 0 spiro atoms. The van der Waals surface area contributed by atoms with Gasteiger partial charge in [-0.3, -0.25) is 10.2 Å². The van der Waals surface area contributed by atoms with Crippen molar-refractivity contribution in [3.63, 3.8) is 0 Å². The highest BCUT2D eigenvalue weighted by molar-refractivity contribution is 6.52. The molecule has 7 heteroatoms. The third kappa shape index (κ3) is 1.83. The molecule has 1 aliphatic heterocycles. The van der Waals surface area contributed by atoms with Gasteiger partial charge in [-0.2, -0.15) is 0 Å². The topological polar surface area (TPSA) is 62.2 Å². The van der Waals surface area contributed by atoms with Gasteiger partial charge < -0.3 is 10.1 Å². The standard InChI is InChI=1S/C9H5F3N2O2/c10-9(11,12)16-4-1-2-6-5(3-4)7(13)8(15)14-6/h1-3H,(H2,13,14,15). The number of hydrogen-bond acceptors (Lipinski definition) is 3. The van der Waals surface area contributed by atoms with Gasteiger partial charge in [-0.15, -0.1) is 13.2 Å². The fourth-order valence-corrected chi connectivity index (χ4v) is 1.34. The van der Waals surface area contributed by atoms with Crippen LogP contribution in [0.3, 0.4) is 0 Å². The van der Waals surface area contributed by atoms with E-state index in [9.17, 15) is 18.0 Å². The molecule has 0 unspecified atom stereocenters. The van der Waals surface area contributed by atoms with E-state index in [-0.39, 0.29) is 11.3 Å². The van der Waals surface area contributed by atoms with Gasteiger partial charge in [0, 0.05) is 5.56 Å². The van der Waals surface area contributed by atoms with Crippen LogP contribution in [0, 0.1) is 5.41 Å². The number of nitrogens with one attached hydrogen (secondary N) is 2. The fraction of sp³-hybridized carbons (Fsp3) is 0.111. The third-order valence-corrected chi connectivity index (χ3v) is 1.97. The van der Waals surface area contributed by atoms with Gasteiger partial charge in [-0.1, -0.05) is 0 Å². The van der Waals surface area contributed by atoms with E-state index in [4.69, 9.17) is 5.41 Å². The second-order valence-corrected chi connectivity index (χ2v) is 3.08. The Morgan fingerprint density at radius 1 is 1.31 bits per heavy atom. The Morgan fingerprint density at radius 2 is 2.00 bits per heavy atom. The molecule has 1 amide bonds. The SMILES string of the molecule is N=C1C(=O)Nc2ccc(OC(F)(F)F)cc21. The fourth-order valence-electron chi connectivity index (χ4n) is 1.34. The summed E-state index contributed by atoms with van der Waals surface area (Å²) in [4.78, 5) is 11.0. The molecule has 0 radical (unpaired) electrons. The van der Waals surface area contributed by atoms with Gasteiger partial charge in [0.25, 0.3) is 5.91 Å². The predicted molar refractivity (Wildman–Crippen MR) is 48.6 cm³/mol. The van der Waals surface area contributed by atoms with Crippen molar-refractivity contribution >= 4 is 17.3 Å². The van der Waals surface area contributed by atoms with Crippen LogP contribution in [0.2, 0.25) is 0 Å². The predicted octanol–water partition coefficient (Wildman–Crippen LogP) is 1.91. The van der Waals surface area contributed by atoms with Crippen molar-refractivity contribution in [2.24, 2.45) is 0 Å². The quantitative estimate of drug-likeness (QED) is 0.773. The molecule has 0 aliphatic carbocycles. The largest absolute Gasteiger partial charge is 0.573 e. The zero-order chi connectivity index (χ0) is 11.9. The maximum Gasteiger partial charge on any atom is 0.573 e. The molecule has 1 aromatic rings. The smallest absolute Gasteiger partial charge is 0.406 e. The first kappa shape index (κ1) is 10.5. The number of ether oxygens (including phenoxy) is 1. The number of hydrogen-bond donors (Lipinski definition) is 2. The Hall–Kier alpha value is -2.05. The highest BCUT2D eigenvalue weighted by Crippen LogP contribution is 2.30. The van der Waals surface area contributed by atoms with Gasteiger partial charge in [0.05, 0.1) is 5.69 Å². The zero-order valence-electron chi connectivity index (χ0n) is 7.68. The molecule has 1 aromatic carbocycles. The summed E-state index contributed by atoms with van der Waals surface area (Å²) < 4.78 is 39.4. The van der Waals surface area contributed by atoms with E-state index in [1.807, 2.05) is 0 Å². The van der Waals surface area contributed by atoms with E-state index >= 15 is 0 Å². The third-order valence-electron chi connectivity index (χ3n) is 1.97. The van der Waals surface area contributed by atoms with E-state index in [2.05, 4.69) is 10.1 Å². The molecule has 0 atom stereocenters. The maximum atomic E-state index is 11.9. The first-order valence-corrected chi connectivity index (χ1v) is 4.17. The molecule has 0 saturated heterocycles. The number of anilines is 1. The minimum Gasteiger partial charge on any atom is -0.406 e. The Kier molecular flexibility index (Phi) is 2.11. The van der Waals surface area contributed by atoms with Crippen molar-refractivity contribution in [1.82, 2.24) is 0 Å². The molecule has 2 N–H and O–H groups in total. The van der Waals surface area contributed by atoms with Gasteiger partial charge in [-0.05, 0) is 18.2 Å². The summed E-state index contributed by atoms with van der Waals surface area (Å²) >= 11 is 0. The number of amides is 1. The van der Waals surface area contributed by atoms with Crippen LogP contribution in [-0.2, 0) is 4.79 Å². The molecule has 2 rings (SSSR count). The van der Waals surface area contributed by atoms with Crippen LogP contribution in [-0.4, -0.2) is 18.0 Å². The van der Waals surface area contributed by atoms with Crippen molar-refractivity contribution in [2.75, 3.05) is 5.32 Å². The highest BCUT2D eigenvalue weighted by atomic mass is 19.4. The van der Waals surface area contributed by atoms with Gasteiger partial charge in [0.1, 0.15) is 11.5 Å². The number of carbonyl (C=O) groups is 1. The summed E-state index contributed by atoms with van der Waals surface area (Å²) in [6.07, 6.45) is -4.79. The molecular weight excluding hydrogens is 225 g/mol. The minimum atomic E-state index is -4.79. The highest BCUT2D eigenvalue weighted by Gasteiger charge is 2.32. The number of halogens is 3. The second kappa shape index (κ2) is 3.22. The second-order valence-electron chi connectivity index (χ2n) is 3.08. The van der Waals surface area contributed by atoms with Crippen LogP contribution in [0.25, 0.3) is 0 Å². The van der Waals surface area contributed by atoms with Crippen molar-refractivity contribution < 1.29 is 22.7 Å². The van der Waals surface area contributed by atoms with Gasteiger partial charge in [0.15, 0.2) is 0 Å². The Bertz CT molecular complexity index is 482. The van der Waals surface area contributed by atoms with Crippen LogP contribution in [0.5, 0.6) is 5.75 Å². The molecule has 84 valence electrons. The van der Waals surface area contributed by atoms with Crippen LogP contribution < -0.4 is 10.1 Å². The van der Waals surface area contributed by atoms with E-state index in [1.165, 1.54) is 6.07 Å². The Morgan fingerprint density at radius 3 is 2.62 bits per heavy atom. The van der Waals surface area contributed by atoms with Crippen molar-refractivity contribution in [3.8, 4) is 5.75 Å². The summed E-state index contributed by atoms with van der Waals surface area (Å²) in [6.45, 7) is 0. The first-order valence-electron chi connectivity index (χ1n) is 4.17. The number of alkyl halides is 3. The maximum absolute atomic E-state index is 11.9. The molecule has 0 bridgehead atoms.